The molecule has 0 saturated heterocycles. The van der Waals surface area contributed by atoms with Gasteiger partial charge < -0.3 is 5.32 Å². The lowest BCUT2D eigenvalue weighted by atomic mass is 9.98. The average molecular weight is 338 g/mol. The van der Waals surface area contributed by atoms with Crippen molar-refractivity contribution in [2.24, 2.45) is 0 Å². The fraction of sp³-hybridized carbons (Fsp3) is 0.588. The normalized spacial score (nSPS) is 14.8. The Bertz CT molecular complexity index is 679. The molecule has 1 aliphatic carbocycles. The van der Waals surface area contributed by atoms with Crippen molar-refractivity contribution < 1.29 is 13.2 Å². The van der Waals surface area contributed by atoms with Crippen molar-refractivity contribution in [2.75, 3.05) is 17.1 Å². The van der Waals surface area contributed by atoms with E-state index in [0.717, 1.165) is 24.0 Å². The Labute approximate surface area is 139 Å². The zero-order valence-corrected chi connectivity index (χ0v) is 15.1. The van der Waals surface area contributed by atoms with Gasteiger partial charge in [0, 0.05) is 19.0 Å². The Balaban J connectivity index is 2.27. The van der Waals surface area contributed by atoms with Crippen LogP contribution in [0, 0.1) is 6.92 Å². The fourth-order valence-electron chi connectivity index (χ4n) is 2.66. The number of anilines is 1. The number of benzene rings is 1. The van der Waals surface area contributed by atoms with Crippen LogP contribution in [0.3, 0.4) is 0 Å². The van der Waals surface area contributed by atoms with Crippen LogP contribution in [0.4, 0.5) is 5.69 Å². The molecule has 1 aliphatic rings. The molecule has 0 spiro atoms. The van der Waals surface area contributed by atoms with Crippen LogP contribution in [0.15, 0.2) is 18.2 Å². The van der Waals surface area contributed by atoms with E-state index in [9.17, 15) is 13.2 Å². The van der Waals surface area contributed by atoms with Crippen molar-refractivity contribution in [1.29, 1.82) is 0 Å². The van der Waals surface area contributed by atoms with Gasteiger partial charge in [-0.1, -0.05) is 32.0 Å². The highest BCUT2D eigenvalue weighted by atomic mass is 32.2. The summed E-state index contributed by atoms with van der Waals surface area (Å²) in [5, 5.41) is 2.90. The van der Waals surface area contributed by atoms with Gasteiger partial charge in [-0.15, -0.1) is 0 Å². The topological polar surface area (TPSA) is 66.5 Å². The molecule has 128 valence electrons. The molecule has 1 N–H and O–H groups in total. The number of para-hydroxylation sites is 1. The second-order valence-corrected chi connectivity index (χ2v) is 8.50. The Morgan fingerprint density at radius 1 is 1.35 bits per heavy atom. The second kappa shape index (κ2) is 6.91. The molecule has 1 aromatic carbocycles. The predicted molar refractivity (Wildman–Crippen MR) is 93.2 cm³/mol. The molecule has 0 aliphatic heterocycles. The van der Waals surface area contributed by atoms with E-state index < -0.39 is 10.0 Å². The van der Waals surface area contributed by atoms with E-state index in [0.29, 0.717) is 11.7 Å². The van der Waals surface area contributed by atoms with Gasteiger partial charge in [-0.05, 0) is 36.8 Å². The van der Waals surface area contributed by atoms with Gasteiger partial charge in [0.25, 0.3) is 0 Å². The monoisotopic (exact) mass is 338 g/mol. The first-order chi connectivity index (χ1) is 10.7. The first-order valence-electron chi connectivity index (χ1n) is 8.06. The number of nitrogens with one attached hydrogen (secondary N) is 1. The quantitative estimate of drug-likeness (QED) is 0.831. The van der Waals surface area contributed by atoms with Gasteiger partial charge in [-0.3, -0.25) is 9.10 Å². The van der Waals surface area contributed by atoms with Crippen molar-refractivity contribution >= 4 is 21.6 Å². The van der Waals surface area contributed by atoms with E-state index in [1.807, 2.05) is 39.0 Å². The Morgan fingerprint density at radius 2 is 2.00 bits per heavy atom. The SMILES string of the molecule is Cc1cccc(C(C)C)c1N(CCC(=O)NC1CC1)S(C)(=O)=O. The van der Waals surface area contributed by atoms with Crippen molar-refractivity contribution in [3.63, 3.8) is 0 Å². The number of rotatable bonds is 7. The van der Waals surface area contributed by atoms with Crippen molar-refractivity contribution in [3.8, 4) is 0 Å². The molecule has 5 nitrogen and oxygen atoms in total. The zero-order valence-electron chi connectivity index (χ0n) is 14.3. The predicted octanol–water partition coefficient (Wildman–Crippen LogP) is 2.55. The van der Waals surface area contributed by atoms with Gasteiger partial charge in [0.05, 0.1) is 11.9 Å². The van der Waals surface area contributed by atoms with Crippen LogP contribution >= 0.6 is 0 Å². The number of carbonyl (C=O) groups is 1. The Hall–Kier alpha value is -1.56. The highest BCUT2D eigenvalue weighted by Gasteiger charge is 2.26. The number of sulfonamides is 1. The van der Waals surface area contributed by atoms with E-state index in [1.165, 1.54) is 10.6 Å². The largest absolute Gasteiger partial charge is 0.353 e. The minimum atomic E-state index is -3.45. The molecule has 2 rings (SSSR count). The molecular formula is C17H26N2O3S. The molecule has 0 heterocycles. The van der Waals surface area contributed by atoms with Crippen LogP contribution in [0.1, 0.15) is 50.2 Å². The summed E-state index contributed by atoms with van der Waals surface area (Å²) in [5.74, 6) is 0.121. The van der Waals surface area contributed by atoms with Crippen molar-refractivity contribution in [1.82, 2.24) is 5.32 Å². The molecule has 0 aromatic heterocycles. The third kappa shape index (κ3) is 4.70. The summed E-state index contributed by atoms with van der Waals surface area (Å²) in [7, 11) is -3.45. The average Bonchev–Trinajstić information content (AvgIpc) is 3.22. The minimum Gasteiger partial charge on any atom is -0.353 e. The maximum Gasteiger partial charge on any atom is 0.232 e. The van der Waals surface area contributed by atoms with Crippen LogP contribution in [-0.2, 0) is 14.8 Å². The number of amides is 1. The van der Waals surface area contributed by atoms with Gasteiger partial charge >= 0.3 is 0 Å². The van der Waals surface area contributed by atoms with Crippen LogP contribution in [0.25, 0.3) is 0 Å². The number of hydrogen-bond donors (Lipinski definition) is 1. The van der Waals surface area contributed by atoms with E-state index in [4.69, 9.17) is 0 Å². The van der Waals surface area contributed by atoms with E-state index in [2.05, 4.69) is 5.32 Å². The summed E-state index contributed by atoms with van der Waals surface area (Å²) in [4.78, 5) is 11.9. The van der Waals surface area contributed by atoms with Gasteiger partial charge in [-0.25, -0.2) is 8.42 Å². The molecule has 0 bridgehead atoms. The first kappa shape index (κ1) is 17.8. The number of hydrogen-bond acceptors (Lipinski definition) is 3. The fourth-order valence-corrected chi connectivity index (χ4v) is 3.67. The maximum atomic E-state index is 12.3. The molecule has 6 heteroatoms. The molecule has 0 atom stereocenters. The summed E-state index contributed by atoms with van der Waals surface area (Å²) < 4.78 is 26.0. The summed E-state index contributed by atoms with van der Waals surface area (Å²) in [6.45, 7) is 6.16. The number of carbonyl (C=O) groups excluding carboxylic acids is 1. The highest BCUT2D eigenvalue weighted by molar-refractivity contribution is 7.92. The lowest BCUT2D eigenvalue weighted by molar-refractivity contribution is -0.121. The molecule has 1 fully saturated rings. The van der Waals surface area contributed by atoms with Gasteiger partial charge in [0.15, 0.2) is 0 Å². The lowest BCUT2D eigenvalue weighted by Gasteiger charge is -2.28. The zero-order chi connectivity index (χ0) is 17.2. The van der Waals surface area contributed by atoms with Crippen molar-refractivity contribution in [2.45, 2.75) is 52.0 Å². The lowest BCUT2D eigenvalue weighted by Crippen LogP contribution is -2.36. The maximum absolute atomic E-state index is 12.3. The first-order valence-corrected chi connectivity index (χ1v) is 9.91. The third-order valence-corrected chi connectivity index (χ3v) is 5.19. The highest BCUT2D eigenvalue weighted by Crippen LogP contribution is 2.32. The Kier molecular flexibility index (Phi) is 5.34. The van der Waals surface area contributed by atoms with Gasteiger partial charge in [0.2, 0.25) is 15.9 Å². The van der Waals surface area contributed by atoms with Gasteiger partial charge in [-0.2, -0.15) is 0 Å². The van der Waals surface area contributed by atoms with Crippen LogP contribution < -0.4 is 9.62 Å². The van der Waals surface area contributed by atoms with Crippen LogP contribution in [0.2, 0.25) is 0 Å². The standard InChI is InChI=1S/C17H26N2O3S/c1-12(2)15-7-5-6-13(3)17(15)19(23(4,21)22)11-10-16(20)18-14-8-9-14/h5-7,12,14H,8-11H2,1-4H3,(H,18,20). The summed E-state index contributed by atoms with van der Waals surface area (Å²) >= 11 is 0. The van der Waals surface area contributed by atoms with Crippen molar-refractivity contribution in [3.05, 3.63) is 29.3 Å². The minimum absolute atomic E-state index is 0.0826. The molecule has 0 unspecified atom stereocenters. The van der Waals surface area contributed by atoms with Crippen LogP contribution in [-0.4, -0.2) is 33.2 Å². The molecule has 1 saturated carbocycles. The summed E-state index contributed by atoms with van der Waals surface area (Å²) in [6, 6.07) is 6.09. The van der Waals surface area contributed by atoms with E-state index in [1.54, 1.807) is 0 Å². The molecule has 0 radical (unpaired) electrons. The van der Waals surface area contributed by atoms with E-state index in [-0.39, 0.29) is 24.8 Å². The summed E-state index contributed by atoms with van der Waals surface area (Å²) in [6.07, 6.45) is 3.42. The van der Waals surface area contributed by atoms with E-state index >= 15 is 0 Å². The van der Waals surface area contributed by atoms with Gasteiger partial charge in [0.1, 0.15) is 0 Å². The van der Waals surface area contributed by atoms with Crippen LogP contribution in [0.5, 0.6) is 0 Å². The molecule has 1 aromatic rings. The molecule has 1 amide bonds. The smallest absolute Gasteiger partial charge is 0.232 e. The number of aryl methyl sites for hydroxylation is 1. The summed E-state index contributed by atoms with van der Waals surface area (Å²) in [5.41, 5.74) is 2.60. The molecule has 23 heavy (non-hydrogen) atoms. The third-order valence-electron chi connectivity index (χ3n) is 4.03. The second-order valence-electron chi connectivity index (χ2n) is 6.59. The molecular weight excluding hydrogens is 312 g/mol. The Morgan fingerprint density at radius 3 is 2.52 bits per heavy atom. The number of nitrogens with zero attached hydrogens (tertiary/aromatic N) is 1.